The summed E-state index contributed by atoms with van der Waals surface area (Å²) in [5, 5.41) is 0. The van der Waals surface area contributed by atoms with Gasteiger partial charge >= 0.3 is 0 Å². The van der Waals surface area contributed by atoms with E-state index >= 15 is 0 Å². The lowest BCUT2D eigenvalue weighted by Crippen LogP contribution is -2.51. The number of para-hydroxylation sites is 1. The van der Waals surface area contributed by atoms with E-state index in [1.54, 1.807) is 18.5 Å². The Balaban J connectivity index is 1.67. The minimum absolute atomic E-state index is 0.0347. The number of fused-ring (bicyclic) bond motifs is 2. The zero-order valence-corrected chi connectivity index (χ0v) is 20.2. The van der Waals surface area contributed by atoms with Crippen molar-refractivity contribution in [3.05, 3.63) is 54.1 Å². The van der Waals surface area contributed by atoms with Gasteiger partial charge in [0.05, 0.1) is 11.6 Å². The van der Waals surface area contributed by atoms with E-state index in [9.17, 15) is 9.59 Å². The number of amides is 2. The van der Waals surface area contributed by atoms with Crippen LogP contribution in [0.2, 0.25) is 0 Å². The van der Waals surface area contributed by atoms with Crippen molar-refractivity contribution in [1.29, 1.82) is 0 Å². The second-order valence-corrected chi connectivity index (χ2v) is 9.28. The molecule has 0 saturated heterocycles. The summed E-state index contributed by atoms with van der Waals surface area (Å²) >= 11 is 0. The van der Waals surface area contributed by atoms with Crippen LogP contribution in [0.1, 0.15) is 85.7 Å². The van der Waals surface area contributed by atoms with Gasteiger partial charge in [-0.05, 0) is 56.7 Å². The van der Waals surface area contributed by atoms with Gasteiger partial charge < -0.3 is 14.5 Å². The number of benzene rings is 1. The second-order valence-electron chi connectivity index (χ2n) is 9.28. The van der Waals surface area contributed by atoms with Crippen molar-refractivity contribution in [2.45, 2.75) is 76.9 Å². The monoisotopic (exact) mass is 464 g/mol. The van der Waals surface area contributed by atoms with Gasteiger partial charge in [0.25, 0.3) is 11.8 Å². The second kappa shape index (κ2) is 12.0. The maximum Gasteiger partial charge on any atom is 0.292 e. The Kier molecular flexibility index (Phi) is 8.50. The maximum atomic E-state index is 13.5. The summed E-state index contributed by atoms with van der Waals surface area (Å²) in [7, 11) is 0. The highest BCUT2D eigenvalue weighted by atomic mass is 16.5. The molecule has 1 aliphatic heterocycles. The van der Waals surface area contributed by atoms with Gasteiger partial charge in [-0.15, -0.1) is 0 Å². The first-order chi connectivity index (χ1) is 16.7. The fourth-order valence-corrected chi connectivity index (χ4v) is 5.13. The highest BCUT2D eigenvalue weighted by Crippen LogP contribution is 2.31. The van der Waals surface area contributed by atoms with Crippen LogP contribution in [-0.4, -0.2) is 63.4 Å². The third kappa shape index (κ3) is 5.75. The van der Waals surface area contributed by atoms with Crippen molar-refractivity contribution in [3.8, 4) is 5.75 Å². The summed E-state index contributed by atoms with van der Waals surface area (Å²) in [5.74, 6) is 0.754. The molecule has 0 unspecified atom stereocenters. The average Bonchev–Trinajstić information content (AvgIpc) is 2.88. The molecule has 7 heteroatoms. The summed E-state index contributed by atoms with van der Waals surface area (Å²) in [6, 6.07) is 9.23. The molecule has 2 heterocycles. The summed E-state index contributed by atoms with van der Waals surface area (Å²) in [5.41, 5.74) is 0.613. The molecule has 2 aliphatic rings. The molecule has 2 amide bonds. The average molecular weight is 465 g/mol. The smallest absolute Gasteiger partial charge is 0.292 e. The molecule has 1 aliphatic carbocycles. The molecule has 4 rings (SSSR count). The first kappa shape index (κ1) is 24.2. The molecule has 1 aromatic carbocycles. The van der Waals surface area contributed by atoms with Gasteiger partial charge in [-0.2, -0.15) is 0 Å². The van der Waals surface area contributed by atoms with Gasteiger partial charge in [0, 0.05) is 32.0 Å². The van der Waals surface area contributed by atoms with Crippen molar-refractivity contribution < 1.29 is 14.3 Å². The molecule has 2 aromatic rings. The van der Waals surface area contributed by atoms with E-state index in [4.69, 9.17) is 4.74 Å². The third-order valence-electron chi connectivity index (χ3n) is 6.84. The van der Waals surface area contributed by atoms with Gasteiger partial charge in [0.1, 0.15) is 11.9 Å². The van der Waals surface area contributed by atoms with Crippen molar-refractivity contribution >= 4 is 11.8 Å². The number of carbonyl (C=O) groups excluding carboxylic acids is 2. The highest BCUT2D eigenvalue weighted by molar-refractivity contribution is 5.97. The lowest BCUT2D eigenvalue weighted by molar-refractivity contribution is 0.0258. The topological polar surface area (TPSA) is 75.6 Å². The number of rotatable bonds is 3. The first-order valence-electron chi connectivity index (χ1n) is 12.8. The Morgan fingerprint density at radius 1 is 0.971 bits per heavy atom. The molecule has 7 nitrogen and oxygen atoms in total. The zero-order chi connectivity index (χ0) is 23.8. The van der Waals surface area contributed by atoms with Crippen LogP contribution in [0.25, 0.3) is 0 Å². The van der Waals surface area contributed by atoms with E-state index in [1.807, 2.05) is 34.1 Å². The van der Waals surface area contributed by atoms with Crippen LogP contribution in [0, 0.1) is 0 Å². The fraction of sp³-hybridized carbons (Fsp3) is 0.556. The van der Waals surface area contributed by atoms with Crippen molar-refractivity contribution in [2.24, 2.45) is 0 Å². The summed E-state index contributed by atoms with van der Waals surface area (Å²) < 4.78 is 6.58. The van der Waals surface area contributed by atoms with Crippen LogP contribution in [0.4, 0.5) is 0 Å². The minimum Gasteiger partial charge on any atom is -0.487 e. The Morgan fingerprint density at radius 2 is 1.71 bits per heavy atom. The Morgan fingerprint density at radius 3 is 2.50 bits per heavy atom. The van der Waals surface area contributed by atoms with Crippen LogP contribution in [-0.2, 0) is 0 Å². The predicted molar refractivity (Wildman–Crippen MR) is 131 cm³/mol. The molecule has 1 aromatic heterocycles. The van der Waals surface area contributed by atoms with E-state index in [0.29, 0.717) is 17.9 Å². The normalized spacial score (nSPS) is 22.2. The van der Waals surface area contributed by atoms with Crippen LogP contribution in [0.3, 0.4) is 0 Å². The number of ether oxygens (including phenoxy) is 1. The van der Waals surface area contributed by atoms with Gasteiger partial charge in [0.2, 0.25) is 5.82 Å². The van der Waals surface area contributed by atoms with Crippen molar-refractivity contribution in [2.75, 3.05) is 19.6 Å². The quantitative estimate of drug-likeness (QED) is 0.656. The molecule has 1 fully saturated rings. The minimum atomic E-state index is -0.169. The van der Waals surface area contributed by atoms with Crippen LogP contribution in [0.5, 0.6) is 5.75 Å². The number of hydrogen-bond donors (Lipinski definition) is 0. The lowest BCUT2D eigenvalue weighted by Gasteiger charge is -2.40. The van der Waals surface area contributed by atoms with E-state index in [-0.39, 0.29) is 29.8 Å². The number of carbonyl (C=O) groups is 2. The summed E-state index contributed by atoms with van der Waals surface area (Å²) in [6.07, 6.45) is 11.7. The van der Waals surface area contributed by atoms with E-state index in [1.165, 1.54) is 0 Å². The molecule has 1 saturated carbocycles. The SMILES string of the molecule is CCCN1CCCCCCN(C(=O)c2ncccn2)[C@@H]2CCCC[C@@H]2Oc2ccccc2C1=O. The van der Waals surface area contributed by atoms with E-state index in [2.05, 4.69) is 16.9 Å². The van der Waals surface area contributed by atoms with Gasteiger partial charge in [-0.3, -0.25) is 9.59 Å². The maximum absolute atomic E-state index is 13.5. The summed E-state index contributed by atoms with van der Waals surface area (Å²) in [4.78, 5) is 39.3. The van der Waals surface area contributed by atoms with Crippen LogP contribution < -0.4 is 4.74 Å². The van der Waals surface area contributed by atoms with Crippen molar-refractivity contribution in [3.63, 3.8) is 0 Å². The Labute approximate surface area is 202 Å². The third-order valence-corrected chi connectivity index (χ3v) is 6.84. The summed E-state index contributed by atoms with van der Waals surface area (Å²) in [6.45, 7) is 4.27. The number of nitrogens with zero attached hydrogens (tertiary/aromatic N) is 4. The van der Waals surface area contributed by atoms with Crippen LogP contribution in [0.15, 0.2) is 42.7 Å². The number of hydrogen-bond acceptors (Lipinski definition) is 5. The zero-order valence-electron chi connectivity index (χ0n) is 20.2. The molecular weight excluding hydrogens is 428 g/mol. The standard InChI is InChI=1S/C27H36N4O3/c1-2-18-30-19-9-3-4-10-20-31(27(33)25-28-16-11-17-29-25)22-13-6-8-15-24(22)34-23-14-7-5-12-21(23)26(30)32/h5,7,11-12,14,16-17,22,24H,2-4,6,8-10,13,15,18-20H2,1H3/t22-,24+/m1/s1. The van der Waals surface area contributed by atoms with Gasteiger partial charge in [0.15, 0.2) is 0 Å². The van der Waals surface area contributed by atoms with E-state index < -0.39 is 0 Å². The predicted octanol–water partition coefficient (Wildman–Crippen LogP) is 4.74. The van der Waals surface area contributed by atoms with Gasteiger partial charge in [-0.1, -0.05) is 38.3 Å². The molecule has 182 valence electrons. The van der Waals surface area contributed by atoms with Crippen LogP contribution >= 0.6 is 0 Å². The highest BCUT2D eigenvalue weighted by Gasteiger charge is 2.36. The van der Waals surface area contributed by atoms with Gasteiger partial charge in [-0.25, -0.2) is 9.97 Å². The Bertz CT molecular complexity index is 952. The van der Waals surface area contributed by atoms with Crippen molar-refractivity contribution in [1.82, 2.24) is 19.8 Å². The Hall–Kier alpha value is -2.96. The lowest BCUT2D eigenvalue weighted by atomic mass is 9.90. The van der Waals surface area contributed by atoms with E-state index in [0.717, 1.165) is 70.9 Å². The molecule has 0 N–H and O–H groups in total. The molecule has 2 atom stereocenters. The fourth-order valence-electron chi connectivity index (χ4n) is 5.13. The first-order valence-corrected chi connectivity index (χ1v) is 12.8. The molecule has 0 radical (unpaired) electrons. The largest absolute Gasteiger partial charge is 0.487 e. The number of aromatic nitrogens is 2. The molecule has 0 spiro atoms. The molecule has 34 heavy (non-hydrogen) atoms. The molecular formula is C27H36N4O3. The molecule has 0 bridgehead atoms.